The van der Waals surface area contributed by atoms with Gasteiger partial charge in [-0.05, 0) is 18.2 Å². The van der Waals surface area contributed by atoms with Crippen LogP contribution in [0.15, 0.2) is 64.2 Å². The van der Waals surface area contributed by atoms with Gasteiger partial charge < -0.3 is 9.73 Å². The van der Waals surface area contributed by atoms with Gasteiger partial charge in [-0.15, -0.1) is 0 Å². The van der Waals surface area contributed by atoms with Crippen LogP contribution < -0.4 is 10.7 Å². The van der Waals surface area contributed by atoms with Gasteiger partial charge in [0, 0.05) is 37.8 Å². The van der Waals surface area contributed by atoms with Gasteiger partial charge in [0.15, 0.2) is 28.4 Å². The monoisotopic (exact) mass is 319 g/mol. The second-order valence-electron chi connectivity index (χ2n) is 5.23. The van der Waals surface area contributed by atoms with Crippen molar-refractivity contribution in [2.24, 2.45) is 7.05 Å². The van der Waals surface area contributed by atoms with Crippen molar-refractivity contribution in [1.82, 2.24) is 19.7 Å². The van der Waals surface area contributed by atoms with Crippen molar-refractivity contribution in [1.29, 1.82) is 0 Å². The fourth-order valence-electron chi connectivity index (χ4n) is 2.41. The topological polar surface area (TPSA) is 85.8 Å². The summed E-state index contributed by atoms with van der Waals surface area (Å²) in [5.41, 5.74) is 0.809. The first kappa shape index (κ1) is 14.1. The van der Waals surface area contributed by atoms with Crippen molar-refractivity contribution >= 4 is 22.6 Å². The van der Waals surface area contributed by atoms with Crippen LogP contribution >= 0.6 is 0 Å². The van der Waals surface area contributed by atoms with Crippen molar-refractivity contribution in [3.05, 3.63) is 65.2 Å². The average Bonchev–Trinajstić information content (AvgIpc) is 3.01. The first-order valence-electron chi connectivity index (χ1n) is 7.32. The maximum absolute atomic E-state index is 12.4. The number of nitrogens with zero attached hydrogens (tertiary/aromatic N) is 4. The van der Waals surface area contributed by atoms with E-state index >= 15 is 0 Å². The Morgan fingerprint density at radius 1 is 1.12 bits per heavy atom. The Hall–Kier alpha value is -3.48. The summed E-state index contributed by atoms with van der Waals surface area (Å²) in [5, 5.41) is 7.77. The summed E-state index contributed by atoms with van der Waals surface area (Å²) in [6.07, 6.45) is 5.02. The molecule has 0 atom stereocenters. The van der Waals surface area contributed by atoms with E-state index in [1.54, 1.807) is 41.3 Å². The fraction of sp³-hybridized carbons (Fsp3) is 0.0588. The normalized spacial score (nSPS) is 10.9. The molecule has 24 heavy (non-hydrogen) atoms. The molecule has 0 unspecified atom stereocenters. The SMILES string of the molecule is Cn1ccc(Nc2nccc3c(=O)cc(-c4ccccn4)oc23)n1. The van der Waals surface area contributed by atoms with E-state index in [-0.39, 0.29) is 5.43 Å². The van der Waals surface area contributed by atoms with Crippen LogP contribution in [0.4, 0.5) is 11.6 Å². The van der Waals surface area contributed by atoms with Gasteiger partial charge >= 0.3 is 0 Å². The highest BCUT2D eigenvalue weighted by Gasteiger charge is 2.13. The van der Waals surface area contributed by atoms with Crippen LogP contribution in [0, 0.1) is 0 Å². The number of fused-ring (bicyclic) bond motifs is 1. The highest BCUT2D eigenvalue weighted by atomic mass is 16.3. The Morgan fingerprint density at radius 2 is 2.04 bits per heavy atom. The zero-order chi connectivity index (χ0) is 16.5. The number of hydrogen-bond donors (Lipinski definition) is 1. The smallest absolute Gasteiger partial charge is 0.193 e. The van der Waals surface area contributed by atoms with Crippen LogP contribution in [0.25, 0.3) is 22.4 Å². The summed E-state index contributed by atoms with van der Waals surface area (Å²) >= 11 is 0. The Labute approximate surface area is 136 Å². The molecule has 0 aliphatic carbocycles. The predicted octanol–water partition coefficient (Wildman–Crippen LogP) is 2.73. The summed E-state index contributed by atoms with van der Waals surface area (Å²) in [4.78, 5) is 20.9. The van der Waals surface area contributed by atoms with Crippen LogP contribution in [0.2, 0.25) is 0 Å². The van der Waals surface area contributed by atoms with E-state index in [0.717, 1.165) is 0 Å². The second kappa shape index (κ2) is 5.62. The quantitative estimate of drug-likeness (QED) is 0.625. The molecule has 7 nitrogen and oxygen atoms in total. The van der Waals surface area contributed by atoms with Gasteiger partial charge in [-0.1, -0.05) is 6.07 Å². The molecule has 0 saturated carbocycles. The van der Waals surface area contributed by atoms with Gasteiger partial charge in [0.25, 0.3) is 0 Å². The minimum absolute atomic E-state index is 0.150. The molecule has 0 saturated heterocycles. The average molecular weight is 319 g/mol. The summed E-state index contributed by atoms with van der Waals surface area (Å²) in [6.45, 7) is 0. The number of rotatable bonds is 3. The summed E-state index contributed by atoms with van der Waals surface area (Å²) in [6, 6.07) is 10.3. The minimum atomic E-state index is -0.150. The van der Waals surface area contributed by atoms with Crippen molar-refractivity contribution < 1.29 is 4.42 Å². The third kappa shape index (κ3) is 2.52. The number of hydrogen-bond acceptors (Lipinski definition) is 6. The number of aromatic nitrogens is 4. The molecule has 7 heteroatoms. The third-order valence-corrected chi connectivity index (χ3v) is 3.52. The molecule has 4 heterocycles. The van der Waals surface area contributed by atoms with Gasteiger partial charge in [0.2, 0.25) is 0 Å². The predicted molar refractivity (Wildman–Crippen MR) is 90.0 cm³/mol. The summed E-state index contributed by atoms with van der Waals surface area (Å²) in [5.74, 6) is 1.44. The van der Waals surface area contributed by atoms with Gasteiger partial charge in [-0.25, -0.2) is 4.98 Å². The molecule has 4 rings (SSSR count). The first-order chi connectivity index (χ1) is 11.7. The standard InChI is InChI=1S/C17H13N5O2/c1-22-9-6-15(21-22)20-17-16-11(5-8-19-17)13(23)10-14(24-16)12-4-2-3-7-18-12/h2-10H,1H3,(H,19,20,21). The minimum Gasteiger partial charge on any atom is -0.450 e. The molecule has 0 aliphatic rings. The number of pyridine rings is 2. The number of nitrogens with one attached hydrogen (secondary N) is 1. The van der Waals surface area contributed by atoms with Crippen LogP contribution in [-0.2, 0) is 7.05 Å². The molecule has 0 spiro atoms. The van der Waals surface area contributed by atoms with Crippen LogP contribution in [0.3, 0.4) is 0 Å². The van der Waals surface area contributed by atoms with E-state index in [2.05, 4.69) is 20.4 Å². The van der Waals surface area contributed by atoms with E-state index in [4.69, 9.17) is 4.42 Å². The second-order valence-corrected chi connectivity index (χ2v) is 5.23. The molecule has 4 aromatic rings. The Bertz CT molecular complexity index is 1070. The van der Waals surface area contributed by atoms with E-state index in [1.165, 1.54) is 6.07 Å². The number of anilines is 2. The lowest BCUT2D eigenvalue weighted by molar-refractivity contribution is 0.615. The van der Waals surface area contributed by atoms with Crippen molar-refractivity contribution in [3.63, 3.8) is 0 Å². The van der Waals surface area contributed by atoms with Gasteiger partial charge in [0.05, 0.1) is 5.39 Å². The van der Waals surface area contributed by atoms with E-state index < -0.39 is 0 Å². The Balaban J connectivity index is 1.88. The third-order valence-electron chi connectivity index (χ3n) is 3.52. The number of aryl methyl sites for hydroxylation is 1. The molecule has 0 bridgehead atoms. The highest BCUT2D eigenvalue weighted by Crippen LogP contribution is 2.26. The Morgan fingerprint density at radius 3 is 2.79 bits per heavy atom. The van der Waals surface area contributed by atoms with Crippen molar-refractivity contribution in [2.45, 2.75) is 0 Å². The zero-order valence-electron chi connectivity index (χ0n) is 12.8. The fourth-order valence-corrected chi connectivity index (χ4v) is 2.41. The maximum atomic E-state index is 12.4. The van der Waals surface area contributed by atoms with Gasteiger partial charge in [-0.3, -0.25) is 14.5 Å². The maximum Gasteiger partial charge on any atom is 0.193 e. The summed E-state index contributed by atoms with van der Waals surface area (Å²) in [7, 11) is 1.82. The molecule has 118 valence electrons. The van der Waals surface area contributed by atoms with Crippen LogP contribution in [0.5, 0.6) is 0 Å². The van der Waals surface area contributed by atoms with Crippen LogP contribution in [0.1, 0.15) is 0 Å². The van der Waals surface area contributed by atoms with E-state index in [1.807, 2.05) is 19.3 Å². The Kier molecular flexibility index (Phi) is 3.31. The lowest BCUT2D eigenvalue weighted by Crippen LogP contribution is -2.04. The molecule has 0 radical (unpaired) electrons. The van der Waals surface area contributed by atoms with Crippen LogP contribution in [-0.4, -0.2) is 19.7 Å². The largest absolute Gasteiger partial charge is 0.450 e. The molecular formula is C17H13N5O2. The molecule has 0 fully saturated rings. The molecule has 1 N–H and O–H groups in total. The molecule has 0 aromatic carbocycles. The summed E-state index contributed by atoms with van der Waals surface area (Å²) < 4.78 is 7.59. The molecule has 4 aromatic heterocycles. The first-order valence-corrected chi connectivity index (χ1v) is 7.32. The van der Waals surface area contributed by atoms with Crippen molar-refractivity contribution in [2.75, 3.05) is 5.32 Å². The molecule has 0 aliphatic heterocycles. The van der Waals surface area contributed by atoms with Gasteiger partial charge in [0.1, 0.15) is 5.69 Å². The van der Waals surface area contributed by atoms with E-state index in [0.29, 0.717) is 34.1 Å². The molecule has 0 amide bonds. The van der Waals surface area contributed by atoms with Crippen molar-refractivity contribution in [3.8, 4) is 11.5 Å². The zero-order valence-corrected chi connectivity index (χ0v) is 12.8. The van der Waals surface area contributed by atoms with Gasteiger partial charge in [-0.2, -0.15) is 5.10 Å². The highest BCUT2D eigenvalue weighted by molar-refractivity contribution is 5.88. The lowest BCUT2D eigenvalue weighted by atomic mass is 10.2. The molecular weight excluding hydrogens is 306 g/mol. The van der Waals surface area contributed by atoms with E-state index in [9.17, 15) is 4.79 Å². The lowest BCUT2D eigenvalue weighted by Gasteiger charge is -2.07.